The molecule has 1 aromatic heterocycles. The second-order valence-electron chi connectivity index (χ2n) is 6.57. The van der Waals surface area contributed by atoms with Crippen LogP contribution in [-0.2, 0) is 10.0 Å². The summed E-state index contributed by atoms with van der Waals surface area (Å²) in [7, 11) is -3.61. The zero-order chi connectivity index (χ0) is 18.9. The Morgan fingerprint density at radius 1 is 1.15 bits per heavy atom. The van der Waals surface area contributed by atoms with E-state index in [1.807, 2.05) is 0 Å². The van der Waals surface area contributed by atoms with Crippen molar-refractivity contribution in [2.75, 3.05) is 26.2 Å². The topological polar surface area (TPSA) is 66.7 Å². The van der Waals surface area contributed by atoms with Gasteiger partial charge >= 0.3 is 0 Å². The molecular weight excluding hydrogens is 357 g/mol. The minimum Gasteiger partial charge on any atom is -0.360 e. The van der Waals surface area contributed by atoms with Gasteiger partial charge in [0.25, 0.3) is 0 Å². The highest BCUT2D eigenvalue weighted by atomic mass is 32.2. The predicted molar refractivity (Wildman–Crippen MR) is 95.7 cm³/mol. The number of hydrogen-bond donors (Lipinski definition) is 0. The lowest BCUT2D eigenvalue weighted by Crippen LogP contribution is -2.49. The summed E-state index contributed by atoms with van der Waals surface area (Å²) in [5, 5.41) is 3.76. The van der Waals surface area contributed by atoms with E-state index in [-0.39, 0.29) is 16.8 Å². The molecule has 0 saturated carbocycles. The summed E-state index contributed by atoms with van der Waals surface area (Å²) in [6.07, 6.45) is 0.877. The lowest BCUT2D eigenvalue weighted by Gasteiger charge is -2.38. The Kier molecular flexibility index (Phi) is 5.45. The molecule has 3 rings (SSSR count). The summed E-state index contributed by atoms with van der Waals surface area (Å²) in [5.41, 5.74) is 1.44. The lowest BCUT2D eigenvalue weighted by molar-refractivity contribution is 0.133. The van der Waals surface area contributed by atoms with Crippen molar-refractivity contribution >= 4 is 10.0 Å². The highest BCUT2D eigenvalue weighted by molar-refractivity contribution is 7.89. The fraction of sp³-hybridized carbons (Fsp3) is 0.500. The van der Waals surface area contributed by atoms with E-state index in [4.69, 9.17) is 4.52 Å². The van der Waals surface area contributed by atoms with Gasteiger partial charge in [0.05, 0.1) is 0 Å². The lowest BCUT2D eigenvalue weighted by atomic mass is 10.0. The molecule has 0 amide bonds. The molecule has 1 aliphatic rings. The van der Waals surface area contributed by atoms with Crippen LogP contribution < -0.4 is 0 Å². The summed E-state index contributed by atoms with van der Waals surface area (Å²) in [6, 6.07) is 6.69. The number of piperazine rings is 1. The van der Waals surface area contributed by atoms with Crippen molar-refractivity contribution in [2.45, 2.75) is 38.1 Å². The summed E-state index contributed by atoms with van der Waals surface area (Å²) in [5.74, 6) is 0.0710. The van der Waals surface area contributed by atoms with E-state index >= 15 is 0 Å². The molecule has 0 bridgehead atoms. The Balaban J connectivity index is 1.73. The molecule has 8 heteroatoms. The molecular formula is C18H24FN3O3S. The van der Waals surface area contributed by atoms with E-state index in [9.17, 15) is 12.8 Å². The standard InChI is InChI=1S/C18H24FN3O3S/c1-4-17(15-5-7-16(19)8-6-15)21-9-11-22(12-10-21)26(23,24)18-13(2)20-25-14(18)3/h5-8,17H,4,9-12H2,1-3H3. The third-order valence-electron chi connectivity index (χ3n) is 4.92. The minimum atomic E-state index is -3.61. The monoisotopic (exact) mass is 381 g/mol. The molecule has 0 radical (unpaired) electrons. The smallest absolute Gasteiger partial charge is 0.248 e. The molecule has 1 fully saturated rings. The number of aromatic nitrogens is 1. The zero-order valence-corrected chi connectivity index (χ0v) is 16.1. The largest absolute Gasteiger partial charge is 0.360 e. The van der Waals surface area contributed by atoms with Gasteiger partial charge in [-0.15, -0.1) is 0 Å². The number of benzene rings is 1. The van der Waals surface area contributed by atoms with Gasteiger partial charge < -0.3 is 4.52 Å². The summed E-state index contributed by atoms with van der Waals surface area (Å²) >= 11 is 0. The molecule has 6 nitrogen and oxygen atoms in total. The molecule has 1 saturated heterocycles. The molecule has 1 unspecified atom stereocenters. The Hall–Kier alpha value is -1.77. The zero-order valence-electron chi connectivity index (χ0n) is 15.3. The van der Waals surface area contributed by atoms with Crippen LogP contribution in [0.3, 0.4) is 0 Å². The van der Waals surface area contributed by atoms with Gasteiger partial charge in [-0.1, -0.05) is 24.2 Å². The maximum Gasteiger partial charge on any atom is 0.248 e. The maximum absolute atomic E-state index is 13.2. The molecule has 1 atom stereocenters. The molecule has 142 valence electrons. The molecule has 0 N–H and O–H groups in total. The van der Waals surface area contributed by atoms with Crippen LogP contribution in [0.2, 0.25) is 0 Å². The third-order valence-corrected chi connectivity index (χ3v) is 7.06. The molecule has 1 aliphatic heterocycles. The van der Waals surface area contributed by atoms with Gasteiger partial charge in [-0.3, -0.25) is 4.90 Å². The maximum atomic E-state index is 13.2. The number of rotatable bonds is 5. The van der Waals surface area contributed by atoms with E-state index in [1.54, 1.807) is 26.0 Å². The first kappa shape index (κ1) is 19.0. The first-order valence-corrected chi connectivity index (χ1v) is 10.2. The first-order chi connectivity index (χ1) is 12.3. The number of sulfonamides is 1. The average Bonchev–Trinajstić information content (AvgIpc) is 2.97. The van der Waals surface area contributed by atoms with Gasteiger partial charge in [-0.25, -0.2) is 12.8 Å². The van der Waals surface area contributed by atoms with Gasteiger partial charge in [0.1, 0.15) is 16.4 Å². The van der Waals surface area contributed by atoms with Gasteiger partial charge in [0, 0.05) is 32.2 Å². The summed E-state index contributed by atoms with van der Waals surface area (Å²) < 4.78 is 45.5. The quantitative estimate of drug-likeness (QED) is 0.797. The van der Waals surface area contributed by atoms with Crippen LogP contribution in [-0.4, -0.2) is 49.0 Å². The molecule has 2 heterocycles. The number of hydrogen-bond acceptors (Lipinski definition) is 5. The van der Waals surface area contributed by atoms with Crippen molar-refractivity contribution < 1.29 is 17.3 Å². The molecule has 1 aromatic carbocycles. The van der Waals surface area contributed by atoms with Crippen molar-refractivity contribution in [1.29, 1.82) is 0 Å². The van der Waals surface area contributed by atoms with E-state index in [0.717, 1.165) is 12.0 Å². The Labute approximate surface area is 153 Å². The van der Waals surface area contributed by atoms with E-state index < -0.39 is 10.0 Å². The Bertz CT molecular complexity index is 837. The summed E-state index contributed by atoms with van der Waals surface area (Å²) in [6.45, 7) is 7.40. The number of aryl methyl sites for hydroxylation is 2. The third kappa shape index (κ3) is 3.54. The fourth-order valence-corrected chi connectivity index (χ4v) is 5.33. The predicted octanol–water partition coefficient (Wildman–Crippen LogP) is 2.89. The van der Waals surface area contributed by atoms with Gasteiger partial charge in [-0.2, -0.15) is 4.31 Å². The molecule has 2 aromatic rings. The van der Waals surface area contributed by atoms with E-state index in [0.29, 0.717) is 37.6 Å². The Morgan fingerprint density at radius 2 is 1.77 bits per heavy atom. The highest BCUT2D eigenvalue weighted by Crippen LogP contribution is 2.28. The molecule has 26 heavy (non-hydrogen) atoms. The first-order valence-electron chi connectivity index (χ1n) is 8.77. The van der Waals surface area contributed by atoms with Crippen LogP contribution in [0, 0.1) is 19.7 Å². The van der Waals surface area contributed by atoms with E-state index in [2.05, 4.69) is 17.0 Å². The van der Waals surface area contributed by atoms with E-state index in [1.165, 1.54) is 16.4 Å². The van der Waals surface area contributed by atoms with Crippen molar-refractivity contribution in [1.82, 2.24) is 14.4 Å². The number of nitrogens with zero attached hydrogens (tertiary/aromatic N) is 3. The van der Waals surface area contributed by atoms with Crippen LogP contribution in [0.4, 0.5) is 4.39 Å². The van der Waals surface area contributed by atoms with Crippen molar-refractivity contribution in [3.8, 4) is 0 Å². The van der Waals surface area contributed by atoms with Crippen molar-refractivity contribution in [3.05, 3.63) is 47.1 Å². The Morgan fingerprint density at radius 3 is 2.27 bits per heavy atom. The second kappa shape index (κ2) is 7.46. The van der Waals surface area contributed by atoms with Crippen LogP contribution in [0.1, 0.15) is 36.4 Å². The normalized spacial score (nSPS) is 18.2. The second-order valence-corrected chi connectivity index (χ2v) is 8.44. The minimum absolute atomic E-state index is 0.152. The van der Waals surface area contributed by atoms with Crippen LogP contribution in [0.25, 0.3) is 0 Å². The van der Waals surface area contributed by atoms with Gasteiger partial charge in [0.15, 0.2) is 5.76 Å². The SMILES string of the molecule is CCC(c1ccc(F)cc1)N1CCN(S(=O)(=O)c2c(C)noc2C)CC1. The molecule has 0 aliphatic carbocycles. The van der Waals surface area contributed by atoms with Gasteiger partial charge in [-0.05, 0) is 38.0 Å². The highest BCUT2D eigenvalue weighted by Gasteiger charge is 2.34. The summed E-state index contributed by atoms with van der Waals surface area (Å²) in [4.78, 5) is 2.43. The van der Waals surface area contributed by atoms with Crippen LogP contribution in [0.15, 0.2) is 33.7 Å². The van der Waals surface area contributed by atoms with Crippen molar-refractivity contribution in [3.63, 3.8) is 0 Å². The van der Waals surface area contributed by atoms with Crippen molar-refractivity contribution in [2.24, 2.45) is 0 Å². The van der Waals surface area contributed by atoms with Crippen LogP contribution >= 0.6 is 0 Å². The molecule has 0 spiro atoms. The fourth-order valence-electron chi connectivity index (χ4n) is 3.62. The average molecular weight is 381 g/mol. The number of halogens is 1. The van der Waals surface area contributed by atoms with Gasteiger partial charge in [0.2, 0.25) is 10.0 Å². The van der Waals surface area contributed by atoms with Crippen LogP contribution in [0.5, 0.6) is 0 Å².